The Balaban J connectivity index is 0.000000226. The number of fused-ring (bicyclic) bond motifs is 1. The van der Waals surface area contributed by atoms with Gasteiger partial charge in [-0.15, -0.1) is 0 Å². The van der Waals surface area contributed by atoms with E-state index in [1.165, 1.54) is 51.1 Å². The predicted molar refractivity (Wildman–Crippen MR) is 211 cm³/mol. The van der Waals surface area contributed by atoms with Crippen LogP contribution in [0.4, 0.5) is 0 Å². The number of hydrogen-bond donors (Lipinski definition) is 0. The van der Waals surface area contributed by atoms with Crippen LogP contribution in [0.1, 0.15) is 11.1 Å². The standard InChI is InChI=1S/C24H20O9S3.C18H15S/c1-16-3-8-20(9-4-16)35(28,29)32-23-14-18-7-12-22(34(25,26)27)13-19(18)15-24(23)33-36(30,31)21-10-5-17(2)6-11-21;1-4-10-16(11-5-1)19(17-12-6-2-7-13-17)18-14-8-3-9-15-18/h3-15H,1-2H3,(H,25,26,27);1-15H/q;+1/p-1. The van der Waals surface area contributed by atoms with Crippen LogP contribution < -0.4 is 8.37 Å². The zero-order valence-corrected chi connectivity index (χ0v) is 32.7. The normalized spacial score (nSPS) is 11.8. The summed E-state index contributed by atoms with van der Waals surface area (Å²) in [4.78, 5) is 3.16. The maximum absolute atomic E-state index is 12.9. The van der Waals surface area contributed by atoms with E-state index in [9.17, 15) is 29.8 Å². The highest BCUT2D eigenvalue weighted by molar-refractivity contribution is 7.97. The zero-order chi connectivity index (χ0) is 39.2. The van der Waals surface area contributed by atoms with Crippen molar-refractivity contribution in [3.05, 3.63) is 181 Å². The fourth-order valence-corrected chi connectivity index (χ4v) is 9.82. The largest absolute Gasteiger partial charge is 0.744 e. The Bertz CT molecular complexity index is 2650. The van der Waals surface area contributed by atoms with E-state index in [0.717, 1.165) is 29.3 Å². The maximum Gasteiger partial charge on any atom is 0.339 e. The molecule has 0 radical (unpaired) electrons. The summed E-state index contributed by atoms with van der Waals surface area (Å²) in [5.74, 6) is -0.962. The van der Waals surface area contributed by atoms with E-state index in [-0.39, 0.29) is 31.5 Å². The molecule has 0 aliphatic heterocycles. The van der Waals surface area contributed by atoms with Gasteiger partial charge in [0.15, 0.2) is 26.2 Å². The van der Waals surface area contributed by atoms with Crippen molar-refractivity contribution in [1.82, 2.24) is 0 Å². The minimum absolute atomic E-state index is 0.0146. The zero-order valence-electron chi connectivity index (χ0n) is 29.5. The molecule has 0 aliphatic carbocycles. The molecule has 0 atom stereocenters. The molecule has 13 heteroatoms. The molecule has 280 valence electrons. The van der Waals surface area contributed by atoms with Gasteiger partial charge in [0.1, 0.15) is 19.9 Å². The van der Waals surface area contributed by atoms with Crippen LogP contribution in [0.2, 0.25) is 0 Å². The fraction of sp³-hybridized carbons (Fsp3) is 0.0476. The Labute approximate surface area is 324 Å². The van der Waals surface area contributed by atoms with E-state index in [2.05, 4.69) is 91.0 Å². The molecule has 7 rings (SSSR count). The van der Waals surface area contributed by atoms with Gasteiger partial charge in [0.2, 0.25) is 0 Å². The third kappa shape index (κ3) is 9.82. The average molecular weight is 811 g/mol. The smallest absolute Gasteiger partial charge is 0.339 e. The summed E-state index contributed by atoms with van der Waals surface area (Å²) in [6.45, 7) is 3.54. The summed E-state index contributed by atoms with van der Waals surface area (Å²) in [7, 11) is -13.7. The SMILES string of the molecule is Cc1ccc(S(=O)(=O)Oc2cc3ccc(S(=O)(=O)[O-])cc3cc2OS(=O)(=O)c2ccc(C)cc2)cc1.c1ccc([S+](c2ccccc2)c2ccccc2)cc1. The molecule has 0 saturated carbocycles. The molecule has 55 heavy (non-hydrogen) atoms. The second-order valence-corrected chi connectivity index (χ2v) is 18.7. The number of hydrogen-bond acceptors (Lipinski definition) is 9. The highest BCUT2D eigenvalue weighted by Gasteiger charge is 2.28. The second kappa shape index (κ2) is 16.5. The van der Waals surface area contributed by atoms with Gasteiger partial charge in [-0.2, -0.15) is 16.8 Å². The van der Waals surface area contributed by atoms with Gasteiger partial charge in [-0.05, 0) is 110 Å². The number of benzene rings is 7. The Morgan fingerprint density at radius 1 is 0.418 bits per heavy atom. The summed E-state index contributed by atoms with van der Waals surface area (Å²) in [5.41, 5.74) is 1.62. The van der Waals surface area contributed by atoms with Crippen LogP contribution in [0.15, 0.2) is 199 Å². The van der Waals surface area contributed by atoms with Crippen molar-refractivity contribution in [1.29, 1.82) is 0 Å². The van der Waals surface area contributed by atoms with Crippen molar-refractivity contribution >= 4 is 52.0 Å². The van der Waals surface area contributed by atoms with Gasteiger partial charge in [-0.3, -0.25) is 0 Å². The molecule has 0 fully saturated rings. The molecule has 0 N–H and O–H groups in total. The van der Waals surface area contributed by atoms with E-state index in [0.29, 0.717) is 0 Å². The van der Waals surface area contributed by atoms with Crippen LogP contribution in [0.25, 0.3) is 10.8 Å². The van der Waals surface area contributed by atoms with Crippen LogP contribution in [0.5, 0.6) is 11.5 Å². The highest BCUT2D eigenvalue weighted by Crippen LogP contribution is 2.37. The first-order valence-corrected chi connectivity index (χ1v) is 22.1. The molecule has 9 nitrogen and oxygen atoms in total. The fourth-order valence-electron chi connectivity index (χ4n) is 5.34. The van der Waals surface area contributed by atoms with Gasteiger partial charge >= 0.3 is 20.2 Å². The van der Waals surface area contributed by atoms with Crippen LogP contribution >= 0.6 is 0 Å². The molecule has 0 saturated heterocycles. The summed E-state index contributed by atoms with van der Waals surface area (Å²) >= 11 is 0. The molecular weight excluding hydrogens is 777 g/mol. The number of rotatable bonds is 10. The lowest BCUT2D eigenvalue weighted by atomic mass is 10.1. The van der Waals surface area contributed by atoms with Gasteiger partial charge < -0.3 is 12.9 Å². The van der Waals surface area contributed by atoms with E-state index in [4.69, 9.17) is 8.37 Å². The molecule has 0 amide bonds. The van der Waals surface area contributed by atoms with Crippen LogP contribution in [-0.4, -0.2) is 29.8 Å². The van der Waals surface area contributed by atoms with Crippen molar-refractivity contribution in [2.24, 2.45) is 0 Å². The minimum Gasteiger partial charge on any atom is -0.744 e. The van der Waals surface area contributed by atoms with Crippen molar-refractivity contribution in [3.8, 4) is 11.5 Å². The van der Waals surface area contributed by atoms with Gasteiger partial charge in [0, 0.05) is 0 Å². The molecule has 7 aromatic rings. The first-order valence-electron chi connectivity index (χ1n) is 16.7. The Hall–Kier alpha value is -5.44. The minimum atomic E-state index is -4.80. The van der Waals surface area contributed by atoms with Crippen LogP contribution in [-0.2, 0) is 41.2 Å². The summed E-state index contributed by atoms with van der Waals surface area (Å²) < 4.78 is 96.5. The Kier molecular flexibility index (Phi) is 11.8. The van der Waals surface area contributed by atoms with Crippen molar-refractivity contribution in [2.75, 3.05) is 0 Å². The van der Waals surface area contributed by atoms with Crippen LogP contribution in [0, 0.1) is 13.8 Å². The average Bonchev–Trinajstić information content (AvgIpc) is 3.16. The quantitative estimate of drug-likeness (QED) is 0.0753. The molecular formula is C42H34O9S4. The van der Waals surface area contributed by atoms with Crippen LogP contribution in [0.3, 0.4) is 0 Å². The van der Waals surface area contributed by atoms with E-state index >= 15 is 0 Å². The summed E-state index contributed by atoms with van der Waals surface area (Å²) in [6, 6.07) is 49.3. The summed E-state index contributed by atoms with van der Waals surface area (Å²) in [6.07, 6.45) is 0. The molecule has 0 unspecified atom stereocenters. The molecule has 0 heterocycles. The van der Waals surface area contributed by atoms with Gasteiger partial charge in [-0.1, -0.05) is 96.1 Å². The van der Waals surface area contributed by atoms with E-state index in [1.54, 1.807) is 38.1 Å². The monoisotopic (exact) mass is 810 g/mol. The lowest BCUT2D eigenvalue weighted by Gasteiger charge is -2.15. The Morgan fingerprint density at radius 2 is 0.764 bits per heavy atom. The van der Waals surface area contributed by atoms with Crippen molar-refractivity contribution < 1.29 is 38.2 Å². The molecule has 0 spiro atoms. The van der Waals surface area contributed by atoms with E-state index in [1.807, 2.05) is 0 Å². The van der Waals surface area contributed by atoms with Crippen molar-refractivity contribution in [2.45, 2.75) is 43.2 Å². The highest BCUT2D eigenvalue weighted by atomic mass is 32.2. The summed E-state index contributed by atoms with van der Waals surface area (Å²) in [5, 5.41) is 0.387. The van der Waals surface area contributed by atoms with Gasteiger partial charge in [-0.25, -0.2) is 8.42 Å². The lowest BCUT2D eigenvalue weighted by molar-refractivity contribution is 0.450. The third-order valence-electron chi connectivity index (χ3n) is 8.12. The molecule has 0 aliphatic rings. The molecule has 0 bridgehead atoms. The lowest BCUT2D eigenvalue weighted by Crippen LogP contribution is -2.14. The van der Waals surface area contributed by atoms with Crippen molar-refractivity contribution in [3.63, 3.8) is 0 Å². The Morgan fingerprint density at radius 3 is 1.13 bits per heavy atom. The van der Waals surface area contributed by atoms with Gasteiger partial charge in [0.25, 0.3) is 0 Å². The molecule has 7 aromatic carbocycles. The third-order valence-corrected chi connectivity index (χ3v) is 13.7. The van der Waals surface area contributed by atoms with E-state index < -0.39 is 46.7 Å². The topological polar surface area (TPSA) is 144 Å². The maximum atomic E-state index is 12.9. The van der Waals surface area contributed by atoms with Gasteiger partial charge in [0.05, 0.1) is 15.8 Å². The molecule has 0 aromatic heterocycles. The number of aryl methyl sites for hydroxylation is 2. The predicted octanol–water partition coefficient (Wildman–Crippen LogP) is 8.68. The second-order valence-electron chi connectivity index (χ2n) is 12.2. The first kappa shape index (κ1) is 39.3. The first-order chi connectivity index (χ1) is 26.2.